The second kappa shape index (κ2) is 6.79. The van der Waals surface area contributed by atoms with Crippen LogP contribution in [0.25, 0.3) is 0 Å². The number of carbonyl (C=O) groups excluding carboxylic acids is 2. The zero-order valence-corrected chi connectivity index (χ0v) is 12.5. The molecule has 1 fully saturated rings. The molecule has 1 unspecified atom stereocenters. The van der Waals surface area contributed by atoms with E-state index in [1.165, 1.54) is 5.56 Å². The Bertz CT molecular complexity index is 484. The van der Waals surface area contributed by atoms with Crippen molar-refractivity contribution in [1.29, 1.82) is 0 Å². The van der Waals surface area contributed by atoms with E-state index in [2.05, 4.69) is 5.32 Å². The summed E-state index contributed by atoms with van der Waals surface area (Å²) < 4.78 is 5.59. The largest absolute Gasteiger partial charge is 0.491 e. The van der Waals surface area contributed by atoms with Gasteiger partial charge in [-0.3, -0.25) is 14.9 Å². The van der Waals surface area contributed by atoms with Gasteiger partial charge >= 0.3 is 0 Å². The Morgan fingerprint density at radius 3 is 2.50 bits per heavy atom. The number of thioether (sulfide) groups is 1. The van der Waals surface area contributed by atoms with Gasteiger partial charge in [-0.15, -0.1) is 0 Å². The molecule has 1 N–H and O–H groups in total. The lowest BCUT2D eigenvalue weighted by molar-refractivity contribution is -0.119. The lowest BCUT2D eigenvalue weighted by Crippen LogP contribution is -2.24. The summed E-state index contributed by atoms with van der Waals surface area (Å²) in [6, 6.07) is 8.03. The summed E-state index contributed by atoms with van der Waals surface area (Å²) in [6.07, 6.45) is 2.70. The van der Waals surface area contributed by atoms with Gasteiger partial charge in [-0.2, -0.15) is 0 Å². The Morgan fingerprint density at radius 2 is 1.95 bits per heavy atom. The van der Waals surface area contributed by atoms with Crippen LogP contribution in [-0.2, 0) is 11.2 Å². The minimum absolute atomic E-state index is 0.152. The van der Waals surface area contributed by atoms with Gasteiger partial charge in [0.05, 0.1) is 11.4 Å². The molecule has 20 heavy (non-hydrogen) atoms. The maximum absolute atomic E-state index is 11.4. The highest BCUT2D eigenvalue weighted by atomic mass is 32.2. The first-order chi connectivity index (χ1) is 9.54. The van der Waals surface area contributed by atoms with Gasteiger partial charge in [-0.1, -0.05) is 23.9 Å². The molecule has 1 saturated heterocycles. The molecular weight excluding hydrogens is 274 g/mol. The number of hydrogen-bond acceptors (Lipinski definition) is 4. The molecule has 0 radical (unpaired) electrons. The maximum atomic E-state index is 11.4. The monoisotopic (exact) mass is 293 g/mol. The molecule has 2 amide bonds. The Kier molecular flexibility index (Phi) is 5.06. The van der Waals surface area contributed by atoms with Crippen molar-refractivity contribution in [3.63, 3.8) is 0 Å². The number of carbonyl (C=O) groups is 2. The highest BCUT2D eigenvalue weighted by Gasteiger charge is 2.30. The summed E-state index contributed by atoms with van der Waals surface area (Å²) in [6.45, 7) is 4.00. The van der Waals surface area contributed by atoms with Crippen molar-refractivity contribution in [2.45, 2.75) is 44.5 Å². The van der Waals surface area contributed by atoms with Gasteiger partial charge in [-0.25, -0.2) is 0 Å². The molecular formula is C15H19NO3S. The Balaban J connectivity index is 1.77. The van der Waals surface area contributed by atoms with Crippen molar-refractivity contribution < 1.29 is 14.3 Å². The van der Waals surface area contributed by atoms with Gasteiger partial charge in [-0.05, 0) is 50.8 Å². The van der Waals surface area contributed by atoms with Crippen LogP contribution in [0.2, 0.25) is 0 Å². The summed E-state index contributed by atoms with van der Waals surface area (Å²) in [5.74, 6) is 0.723. The summed E-state index contributed by atoms with van der Waals surface area (Å²) >= 11 is 1.10. The molecule has 1 aromatic rings. The highest BCUT2D eigenvalue weighted by Crippen LogP contribution is 2.24. The van der Waals surface area contributed by atoms with Crippen molar-refractivity contribution >= 4 is 22.9 Å². The summed E-state index contributed by atoms with van der Waals surface area (Å²) in [5, 5.41) is 1.87. The van der Waals surface area contributed by atoms with Crippen molar-refractivity contribution in [2.24, 2.45) is 0 Å². The fourth-order valence-corrected chi connectivity index (χ4v) is 2.95. The molecule has 1 aliphatic rings. The predicted molar refractivity (Wildman–Crippen MR) is 80.1 cm³/mol. The molecule has 0 aromatic heterocycles. The molecule has 1 aromatic carbocycles. The molecule has 1 atom stereocenters. The van der Waals surface area contributed by atoms with E-state index in [-0.39, 0.29) is 22.5 Å². The van der Waals surface area contributed by atoms with E-state index in [9.17, 15) is 9.59 Å². The number of aryl methyl sites for hydroxylation is 1. The van der Waals surface area contributed by atoms with Gasteiger partial charge in [0.1, 0.15) is 5.75 Å². The number of nitrogens with one attached hydrogen (secondary N) is 1. The van der Waals surface area contributed by atoms with Gasteiger partial charge in [0.15, 0.2) is 0 Å². The normalized spacial score (nSPS) is 18.4. The predicted octanol–water partition coefficient (Wildman–Crippen LogP) is 3.15. The average molecular weight is 293 g/mol. The third kappa shape index (κ3) is 4.27. The van der Waals surface area contributed by atoms with Crippen molar-refractivity contribution in [3.05, 3.63) is 29.8 Å². The molecule has 0 aliphatic carbocycles. The third-order valence-electron chi connectivity index (χ3n) is 2.99. The van der Waals surface area contributed by atoms with E-state index in [1.807, 2.05) is 38.1 Å². The lowest BCUT2D eigenvalue weighted by Gasteiger charge is -2.10. The topological polar surface area (TPSA) is 55.4 Å². The van der Waals surface area contributed by atoms with E-state index < -0.39 is 0 Å². The SMILES string of the molecule is CC(C)Oc1ccc(CCCC2SC(=O)NC2=O)cc1. The molecule has 108 valence electrons. The Labute approximate surface area is 123 Å². The first-order valence-electron chi connectivity index (χ1n) is 6.81. The lowest BCUT2D eigenvalue weighted by atomic mass is 10.1. The van der Waals surface area contributed by atoms with Gasteiger partial charge in [0.25, 0.3) is 5.24 Å². The van der Waals surface area contributed by atoms with Crippen LogP contribution < -0.4 is 10.1 Å². The smallest absolute Gasteiger partial charge is 0.286 e. The first kappa shape index (κ1) is 14.9. The minimum Gasteiger partial charge on any atom is -0.491 e. The van der Waals surface area contributed by atoms with Crippen LogP contribution in [0.1, 0.15) is 32.3 Å². The zero-order valence-electron chi connectivity index (χ0n) is 11.7. The van der Waals surface area contributed by atoms with E-state index in [4.69, 9.17) is 4.74 Å². The molecule has 0 bridgehead atoms. The standard InChI is InChI=1S/C15H19NO3S/c1-10(2)19-12-8-6-11(7-9-12)4-3-5-13-14(17)16-15(18)20-13/h6-10,13H,3-5H2,1-2H3,(H,16,17,18). The van der Waals surface area contributed by atoms with E-state index in [0.717, 1.165) is 36.8 Å². The first-order valence-corrected chi connectivity index (χ1v) is 7.69. The van der Waals surface area contributed by atoms with E-state index in [1.54, 1.807) is 0 Å². The maximum Gasteiger partial charge on any atom is 0.286 e. The summed E-state index contributed by atoms with van der Waals surface area (Å²) in [7, 11) is 0. The van der Waals surface area contributed by atoms with E-state index in [0.29, 0.717) is 0 Å². The molecule has 1 heterocycles. The molecule has 5 heteroatoms. The molecule has 0 saturated carbocycles. The molecule has 2 rings (SSSR count). The van der Waals surface area contributed by atoms with Gasteiger partial charge in [0.2, 0.25) is 5.91 Å². The van der Waals surface area contributed by atoms with E-state index >= 15 is 0 Å². The van der Waals surface area contributed by atoms with Crippen LogP contribution in [-0.4, -0.2) is 22.5 Å². The summed E-state index contributed by atoms with van der Waals surface area (Å²) in [4.78, 5) is 22.4. The van der Waals surface area contributed by atoms with Crippen LogP contribution in [0, 0.1) is 0 Å². The number of ether oxygens (including phenoxy) is 1. The Hall–Kier alpha value is -1.49. The van der Waals surface area contributed by atoms with Crippen LogP contribution in [0.5, 0.6) is 5.75 Å². The van der Waals surface area contributed by atoms with Crippen LogP contribution in [0.4, 0.5) is 4.79 Å². The van der Waals surface area contributed by atoms with Crippen LogP contribution in [0.15, 0.2) is 24.3 Å². The molecule has 0 spiro atoms. The molecule has 1 aliphatic heterocycles. The number of imide groups is 1. The second-order valence-electron chi connectivity index (χ2n) is 5.09. The quantitative estimate of drug-likeness (QED) is 0.875. The number of amides is 2. The zero-order chi connectivity index (χ0) is 14.5. The van der Waals surface area contributed by atoms with Gasteiger partial charge in [0, 0.05) is 0 Å². The second-order valence-corrected chi connectivity index (χ2v) is 6.26. The average Bonchev–Trinajstić information content (AvgIpc) is 2.69. The third-order valence-corrected chi connectivity index (χ3v) is 4.04. The van der Waals surface area contributed by atoms with Crippen molar-refractivity contribution in [3.8, 4) is 5.75 Å². The number of rotatable bonds is 6. The van der Waals surface area contributed by atoms with Crippen molar-refractivity contribution in [1.82, 2.24) is 5.32 Å². The summed E-state index contributed by atoms with van der Waals surface area (Å²) in [5.41, 5.74) is 1.22. The van der Waals surface area contributed by atoms with Crippen LogP contribution >= 0.6 is 11.8 Å². The Morgan fingerprint density at radius 1 is 1.25 bits per heavy atom. The van der Waals surface area contributed by atoms with Crippen molar-refractivity contribution in [2.75, 3.05) is 0 Å². The fraction of sp³-hybridized carbons (Fsp3) is 0.467. The van der Waals surface area contributed by atoms with Crippen LogP contribution in [0.3, 0.4) is 0 Å². The fourth-order valence-electron chi connectivity index (χ4n) is 2.08. The van der Waals surface area contributed by atoms with Gasteiger partial charge < -0.3 is 4.74 Å². The minimum atomic E-state index is -0.227. The number of hydrogen-bond donors (Lipinski definition) is 1. The highest BCUT2D eigenvalue weighted by molar-refractivity contribution is 8.15. The molecule has 4 nitrogen and oxygen atoms in total. The number of benzene rings is 1.